The maximum Gasteiger partial charge on any atom is 0.0327 e. The van der Waals surface area contributed by atoms with Crippen LogP contribution in [0.3, 0.4) is 0 Å². The SMILES string of the molecule is C=NC(=C)CC(CCC)C1CCCCCCCC1. The molecule has 1 fully saturated rings. The molecule has 104 valence electrons. The molecule has 1 rings (SSSR count). The first-order chi connectivity index (χ1) is 8.77. The molecule has 1 unspecified atom stereocenters. The van der Waals surface area contributed by atoms with Crippen molar-refractivity contribution in [3.05, 3.63) is 12.3 Å². The summed E-state index contributed by atoms with van der Waals surface area (Å²) in [4.78, 5) is 4.02. The Kier molecular flexibility index (Phi) is 8.04. The van der Waals surface area contributed by atoms with E-state index in [0.717, 1.165) is 24.0 Å². The van der Waals surface area contributed by atoms with Crippen LogP contribution in [0.25, 0.3) is 0 Å². The first kappa shape index (κ1) is 15.5. The van der Waals surface area contributed by atoms with Gasteiger partial charge < -0.3 is 0 Å². The molecule has 0 radical (unpaired) electrons. The Labute approximate surface area is 114 Å². The van der Waals surface area contributed by atoms with Crippen LogP contribution in [0.2, 0.25) is 0 Å². The van der Waals surface area contributed by atoms with E-state index in [2.05, 4.69) is 25.2 Å². The highest BCUT2D eigenvalue weighted by Crippen LogP contribution is 2.34. The summed E-state index contributed by atoms with van der Waals surface area (Å²) in [5, 5.41) is 0. The third kappa shape index (κ3) is 5.84. The van der Waals surface area contributed by atoms with Crippen LogP contribution in [0.5, 0.6) is 0 Å². The minimum atomic E-state index is 0.797. The van der Waals surface area contributed by atoms with Crippen LogP contribution in [0.1, 0.15) is 77.6 Å². The zero-order valence-corrected chi connectivity index (χ0v) is 12.3. The van der Waals surface area contributed by atoms with Crippen LogP contribution in [0.15, 0.2) is 17.3 Å². The fourth-order valence-corrected chi connectivity index (χ4v) is 3.38. The average molecular weight is 249 g/mol. The fourth-order valence-electron chi connectivity index (χ4n) is 3.38. The molecule has 0 aromatic heterocycles. The molecule has 18 heavy (non-hydrogen) atoms. The van der Waals surface area contributed by atoms with Gasteiger partial charge in [-0.2, -0.15) is 0 Å². The molecule has 1 atom stereocenters. The zero-order valence-electron chi connectivity index (χ0n) is 12.3. The van der Waals surface area contributed by atoms with Crippen molar-refractivity contribution in [1.29, 1.82) is 0 Å². The predicted octanol–water partition coefficient (Wildman–Crippen LogP) is 5.76. The monoisotopic (exact) mass is 249 g/mol. The molecule has 0 spiro atoms. The number of hydrogen-bond acceptors (Lipinski definition) is 1. The number of allylic oxidation sites excluding steroid dienone is 1. The largest absolute Gasteiger partial charge is 0.270 e. The van der Waals surface area contributed by atoms with Crippen LogP contribution >= 0.6 is 0 Å². The molecule has 0 saturated heterocycles. The van der Waals surface area contributed by atoms with E-state index in [9.17, 15) is 0 Å². The van der Waals surface area contributed by atoms with Crippen molar-refractivity contribution >= 4 is 6.72 Å². The molecule has 1 aliphatic carbocycles. The molecular weight excluding hydrogens is 218 g/mol. The maximum atomic E-state index is 4.02. The van der Waals surface area contributed by atoms with Gasteiger partial charge in [-0.1, -0.05) is 77.7 Å². The van der Waals surface area contributed by atoms with Crippen LogP contribution < -0.4 is 0 Å². The lowest BCUT2D eigenvalue weighted by Gasteiger charge is -2.27. The van der Waals surface area contributed by atoms with Gasteiger partial charge in [0.15, 0.2) is 0 Å². The van der Waals surface area contributed by atoms with Crippen LogP contribution in [0.4, 0.5) is 0 Å². The van der Waals surface area contributed by atoms with Crippen LogP contribution in [-0.2, 0) is 0 Å². The van der Waals surface area contributed by atoms with E-state index in [0.29, 0.717) is 0 Å². The Morgan fingerprint density at radius 1 is 1.11 bits per heavy atom. The van der Waals surface area contributed by atoms with Crippen molar-refractivity contribution in [1.82, 2.24) is 0 Å². The topological polar surface area (TPSA) is 12.4 Å². The molecule has 0 N–H and O–H groups in total. The molecule has 0 aromatic carbocycles. The van der Waals surface area contributed by atoms with Gasteiger partial charge in [-0.3, -0.25) is 4.99 Å². The van der Waals surface area contributed by atoms with Crippen molar-refractivity contribution in [2.75, 3.05) is 0 Å². The average Bonchev–Trinajstić information content (AvgIpc) is 2.51. The second-order valence-corrected chi connectivity index (χ2v) is 5.94. The number of aliphatic imine (C=N–C) groups is 1. The maximum absolute atomic E-state index is 4.02. The number of nitrogens with zero attached hydrogens (tertiary/aromatic N) is 1. The first-order valence-corrected chi connectivity index (χ1v) is 7.92. The van der Waals surface area contributed by atoms with Crippen molar-refractivity contribution < 1.29 is 0 Å². The Hall–Kier alpha value is -0.590. The van der Waals surface area contributed by atoms with E-state index in [1.54, 1.807) is 0 Å². The lowest BCUT2D eigenvalue weighted by molar-refractivity contribution is 0.264. The summed E-state index contributed by atoms with van der Waals surface area (Å²) in [5.74, 6) is 1.70. The third-order valence-corrected chi connectivity index (χ3v) is 4.45. The Bertz CT molecular complexity index is 234. The Morgan fingerprint density at radius 3 is 2.17 bits per heavy atom. The molecule has 1 nitrogen and oxygen atoms in total. The van der Waals surface area contributed by atoms with E-state index in [-0.39, 0.29) is 0 Å². The summed E-state index contributed by atoms with van der Waals surface area (Å²) in [6.07, 6.45) is 15.2. The molecule has 0 heterocycles. The van der Waals surface area contributed by atoms with Crippen molar-refractivity contribution in [3.8, 4) is 0 Å². The molecular formula is C17H31N. The smallest absolute Gasteiger partial charge is 0.0327 e. The van der Waals surface area contributed by atoms with E-state index in [1.807, 2.05) is 0 Å². The van der Waals surface area contributed by atoms with E-state index < -0.39 is 0 Å². The number of rotatable bonds is 6. The zero-order chi connectivity index (χ0) is 13.2. The van der Waals surface area contributed by atoms with Gasteiger partial charge in [0.05, 0.1) is 0 Å². The lowest BCUT2D eigenvalue weighted by Crippen LogP contribution is -2.15. The first-order valence-electron chi connectivity index (χ1n) is 7.92. The van der Waals surface area contributed by atoms with E-state index >= 15 is 0 Å². The van der Waals surface area contributed by atoms with E-state index in [4.69, 9.17) is 0 Å². The quantitative estimate of drug-likeness (QED) is 0.531. The highest BCUT2D eigenvalue weighted by molar-refractivity contribution is 5.28. The highest BCUT2D eigenvalue weighted by atomic mass is 14.7. The third-order valence-electron chi connectivity index (χ3n) is 4.45. The van der Waals surface area contributed by atoms with Crippen molar-refractivity contribution in [3.63, 3.8) is 0 Å². The van der Waals surface area contributed by atoms with Crippen LogP contribution in [-0.4, -0.2) is 6.72 Å². The van der Waals surface area contributed by atoms with Gasteiger partial charge in [-0.25, -0.2) is 0 Å². The van der Waals surface area contributed by atoms with Gasteiger partial charge in [0, 0.05) is 5.70 Å². The summed E-state index contributed by atoms with van der Waals surface area (Å²) in [6.45, 7) is 9.94. The minimum Gasteiger partial charge on any atom is -0.270 e. The van der Waals surface area contributed by atoms with Crippen LogP contribution in [0, 0.1) is 11.8 Å². The molecule has 1 saturated carbocycles. The Morgan fingerprint density at radius 2 is 1.67 bits per heavy atom. The highest BCUT2D eigenvalue weighted by Gasteiger charge is 2.21. The summed E-state index contributed by atoms with van der Waals surface area (Å²) >= 11 is 0. The van der Waals surface area contributed by atoms with Gasteiger partial charge in [0.25, 0.3) is 0 Å². The second-order valence-electron chi connectivity index (χ2n) is 5.94. The molecule has 1 aliphatic rings. The summed E-state index contributed by atoms with van der Waals surface area (Å²) < 4.78 is 0. The molecule has 0 amide bonds. The molecule has 1 heteroatoms. The van der Waals surface area contributed by atoms with Gasteiger partial charge in [-0.15, -0.1) is 0 Å². The van der Waals surface area contributed by atoms with Gasteiger partial charge in [0.2, 0.25) is 0 Å². The summed E-state index contributed by atoms with van der Waals surface area (Å²) in [5.41, 5.74) is 0.994. The minimum absolute atomic E-state index is 0.797. The fraction of sp³-hybridized carbons (Fsp3) is 0.824. The van der Waals surface area contributed by atoms with E-state index in [1.165, 1.54) is 64.2 Å². The van der Waals surface area contributed by atoms with Crippen molar-refractivity contribution in [2.45, 2.75) is 77.6 Å². The standard InChI is InChI=1S/C17H31N/c1-4-11-17(14-15(2)18-3)16-12-9-7-5-6-8-10-13-16/h16-17H,2-14H2,1H3. The number of hydrogen-bond donors (Lipinski definition) is 0. The van der Waals surface area contributed by atoms with Gasteiger partial charge >= 0.3 is 0 Å². The summed E-state index contributed by atoms with van der Waals surface area (Å²) in [7, 11) is 0. The molecule has 0 aromatic rings. The normalized spacial score (nSPS) is 20.5. The van der Waals surface area contributed by atoms with Gasteiger partial charge in [0.1, 0.15) is 0 Å². The predicted molar refractivity (Wildman–Crippen MR) is 82.1 cm³/mol. The molecule has 0 bridgehead atoms. The lowest BCUT2D eigenvalue weighted by atomic mass is 9.79. The Balaban J connectivity index is 2.55. The molecule has 0 aliphatic heterocycles. The summed E-state index contributed by atoms with van der Waals surface area (Å²) in [6, 6.07) is 0. The van der Waals surface area contributed by atoms with Gasteiger partial charge in [-0.05, 0) is 25.0 Å². The second kappa shape index (κ2) is 9.35. The van der Waals surface area contributed by atoms with Crippen molar-refractivity contribution in [2.24, 2.45) is 16.8 Å².